The molecule has 30 heavy (non-hydrogen) atoms. The highest BCUT2D eigenvalue weighted by atomic mass is 32.2. The molecule has 9 heteroatoms. The average molecular weight is 450 g/mol. The number of thiophene rings is 1. The summed E-state index contributed by atoms with van der Waals surface area (Å²) in [5.74, 6) is -0.579. The number of unbranched alkanes of at least 4 members (excludes halogenated alkanes) is 1. The molecule has 0 saturated heterocycles. The predicted molar refractivity (Wildman–Crippen MR) is 119 cm³/mol. The Morgan fingerprint density at radius 2 is 1.83 bits per heavy atom. The van der Waals surface area contributed by atoms with Gasteiger partial charge in [0, 0.05) is 31.1 Å². The van der Waals surface area contributed by atoms with E-state index in [0.29, 0.717) is 22.7 Å². The maximum atomic E-state index is 12.7. The Labute approximate surface area is 181 Å². The molecular weight excluding hydrogens is 422 g/mol. The maximum absolute atomic E-state index is 12.7. The van der Waals surface area contributed by atoms with Crippen molar-refractivity contribution >= 4 is 38.2 Å². The van der Waals surface area contributed by atoms with E-state index in [4.69, 9.17) is 0 Å². The summed E-state index contributed by atoms with van der Waals surface area (Å²) >= 11 is 1.44. The lowest BCUT2D eigenvalue weighted by Gasteiger charge is -2.17. The number of rotatable bonds is 8. The molecule has 1 aliphatic rings. The van der Waals surface area contributed by atoms with Crippen LogP contribution in [0.25, 0.3) is 0 Å². The highest BCUT2D eigenvalue weighted by Gasteiger charge is 2.27. The van der Waals surface area contributed by atoms with Gasteiger partial charge in [0.2, 0.25) is 10.0 Å². The first kappa shape index (κ1) is 22.5. The lowest BCUT2D eigenvalue weighted by Crippen LogP contribution is -2.28. The summed E-state index contributed by atoms with van der Waals surface area (Å²) in [5, 5.41) is 6.03. The Kier molecular flexibility index (Phi) is 6.95. The first-order chi connectivity index (χ1) is 14.3. The number of aryl methyl sites for hydroxylation is 1. The Morgan fingerprint density at radius 3 is 2.47 bits per heavy atom. The van der Waals surface area contributed by atoms with Crippen LogP contribution >= 0.6 is 11.3 Å². The average Bonchev–Trinajstić information content (AvgIpc) is 3.32. The van der Waals surface area contributed by atoms with Gasteiger partial charge in [0.05, 0.1) is 10.5 Å². The SMILES string of the molecule is CCCCN(C)S(=O)(=O)c1ccc(C(=O)Nc2sc3c(c2C(=O)NC)CCC3)cc1. The third-order valence-electron chi connectivity index (χ3n) is 5.25. The van der Waals surface area contributed by atoms with Gasteiger partial charge in [-0.3, -0.25) is 9.59 Å². The van der Waals surface area contributed by atoms with Crippen LogP contribution in [0.15, 0.2) is 29.2 Å². The smallest absolute Gasteiger partial charge is 0.256 e. The van der Waals surface area contributed by atoms with E-state index in [2.05, 4.69) is 10.6 Å². The van der Waals surface area contributed by atoms with E-state index in [9.17, 15) is 18.0 Å². The van der Waals surface area contributed by atoms with Crippen molar-refractivity contribution in [2.75, 3.05) is 26.0 Å². The molecule has 1 aromatic carbocycles. The standard InChI is InChI=1S/C21H27N3O4S2/c1-4-5-13-24(3)30(27,28)15-11-9-14(10-12-15)19(25)23-21-18(20(26)22-2)16-7-6-8-17(16)29-21/h9-12H,4-8,13H2,1-3H3,(H,22,26)(H,23,25). The van der Waals surface area contributed by atoms with Crippen molar-refractivity contribution in [2.45, 2.75) is 43.9 Å². The molecule has 2 N–H and O–H groups in total. The molecule has 0 bridgehead atoms. The van der Waals surface area contributed by atoms with Crippen molar-refractivity contribution in [3.63, 3.8) is 0 Å². The number of nitrogens with one attached hydrogen (secondary N) is 2. The molecule has 0 spiro atoms. The highest BCUT2D eigenvalue weighted by Crippen LogP contribution is 2.39. The lowest BCUT2D eigenvalue weighted by molar-refractivity contribution is 0.0963. The molecule has 7 nitrogen and oxygen atoms in total. The summed E-state index contributed by atoms with van der Waals surface area (Å²) in [6, 6.07) is 5.88. The number of hydrogen-bond acceptors (Lipinski definition) is 5. The summed E-state index contributed by atoms with van der Waals surface area (Å²) in [5.41, 5.74) is 1.90. The van der Waals surface area contributed by atoms with Crippen LogP contribution in [-0.4, -0.2) is 45.2 Å². The first-order valence-corrected chi connectivity index (χ1v) is 12.3. The van der Waals surface area contributed by atoms with E-state index in [0.717, 1.165) is 42.5 Å². The molecular formula is C21H27N3O4S2. The van der Waals surface area contributed by atoms with Crippen LogP contribution in [0.2, 0.25) is 0 Å². The van der Waals surface area contributed by atoms with Crippen molar-refractivity contribution in [2.24, 2.45) is 0 Å². The zero-order valence-electron chi connectivity index (χ0n) is 17.4. The van der Waals surface area contributed by atoms with Gasteiger partial charge < -0.3 is 10.6 Å². The van der Waals surface area contributed by atoms with Gasteiger partial charge in [-0.1, -0.05) is 13.3 Å². The van der Waals surface area contributed by atoms with E-state index >= 15 is 0 Å². The Morgan fingerprint density at radius 1 is 1.13 bits per heavy atom. The van der Waals surface area contributed by atoms with Crippen LogP contribution in [0, 0.1) is 0 Å². The van der Waals surface area contributed by atoms with Crippen molar-refractivity contribution in [3.05, 3.63) is 45.8 Å². The Hall–Kier alpha value is -2.23. The molecule has 0 atom stereocenters. The van der Waals surface area contributed by atoms with Gasteiger partial charge in [0.15, 0.2) is 0 Å². The quantitative estimate of drug-likeness (QED) is 0.647. The monoisotopic (exact) mass is 449 g/mol. The predicted octanol–water partition coefficient (Wildman–Crippen LogP) is 3.27. The minimum atomic E-state index is -3.58. The van der Waals surface area contributed by atoms with E-state index in [1.807, 2.05) is 6.92 Å². The molecule has 162 valence electrons. The van der Waals surface area contributed by atoms with Gasteiger partial charge >= 0.3 is 0 Å². The van der Waals surface area contributed by atoms with E-state index < -0.39 is 10.0 Å². The molecule has 2 aromatic rings. The van der Waals surface area contributed by atoms with Gasteiger partial charge in [-0.25, -0.2) is 12.7 Å². The number of benzene rings is 1. The lowest BCUT2D eigenvalue weighted by atomic mass is 10.1. The molecule has 1 aromatic heterocycles. The molecule has 0 radical (unpaired) electrons. The van der Waals surface area contributed by atoms with Crippen LogP contribution in [-0.2, 0) is 22.9 Å². The number of carbonyl (C=O) groups is 2. The van der Waals surface area contributed by atoms with Crippen LogP contribution in [0.4, 0.5) is 5.00 Å². The van der Waals surface area contributed by atoms with Crippen molar-refractivity contribution in [3.8, 4) is 0 Å². The number of sulfonamides is 1. The van der Waals surface area contributed by atoms with Crippen molar-refractivity contribution < 1.29 is 18.0 Å². The molecule has 0 fully saturated rings. The summed E-state index contributed by atoms with van der Waals surface area (Å²) < 4.78 is 26.6. The number of hydrogen-bond donors (Lipinski definition) is 2. The van der Waals surface area contributed by atoms with Gasteiger partial charge in [0.25, 0.3) is 11.8 Å². The van der Waals surface area contributed by atoms with Crippen LogP contribution < -0.4 is 10.6 Å². The third-order valence-corrected chi connectivity index (χ3v) is 8.33. The Balaban J connectivity index is 1.79. The molecule has 2 amide bonds. The van der Waals surface area contributed by atoms with Crippen molar-refractivity contribution in [1.82, 2.24) is 9.62 Å². The fourth-order valence-electron chi connectivity index (χ4n) is 3.49. The fraction of sp³-hybridized carbons (Fsp3) is 0.429. The topological polar surface area (TPSA) is 95.6 Å². The Bertz CT molecular complexity index is 1040. The first-order valence-electron chi connectivity index (χ1n) is 10.0. The van der Waals surface area contributed by atoms with Gasteiger partial charge in [-0.2, -0.15) is 0 Å². The summed E-state index contributed by atoms with van der Waals surface area (Å²) in [7, 11) is -0.451. The van der Waals surface area contributed by atoms with E-state index in [1.165, 1.54) is 39.9 Å². The number of nitrogens with zero attached hydrogens (tertiary/aromatic N) is 1. The van der Waals surface area contributed by atoms with E-state index in [1.54, 1.807) is 14.1 Å². The number of fused-ring (bicyclic) bond motifs is 1. The molecule has 0 unspecified atom stereocenters. The van der Waals surface area contributed by atoms with Crippen LogP contribution in [0.3, 0.4) is 0 Å². The largest absolute Gasteiger partial charge is 0.355 e. The molecule has 0 saturated carbocycles. The number of amides is 2. The molecule has 3 rings (SSSR count). The normalized spacial score (nSPS) is 13.3. The minimum absolute atomic E-state index is 0.152. The zero-order chi connectivity index (χ0) is 21.9. The second-order valence-corrected chi connectivity index (χ2v) is 10.4. The van der Waals surface area contributed by atoms with Crippen LogP contribution in [0.1, 0.15) is 57.3 Å². The minimum Gasteiger partial charge on any atom is -0.355 e. The number of anilines is 1. The van der Waals surface area contributed by atoms with Crippen LogP contribution in [0.5, 0.6) is 0 Å². The van der Waals surface area contributed by atoms with E-state index in [-0.39, 0.29) is 16.7 Å². The molecule has 1 aliphatic carbocycles. The van der Waals surface area contributed by atoms with Gasteiger partial charge in [-0.05, 0) is 55.5 Å². The van der Waals surface area contributed by atoms with Gasteiger partial charge in [-0.15, -0.1) is 11.3 Å². The highest BCUT2D eigenvalue weighted by molar-refractivity contribution is 7.89. The third kappa shape index (κ3) is 4.43. The summed E-state index contributed by atoms with van der Waals surface area (Å²) in [6.07, 6.45) is 4.46. The second-order valence-electron chi connectivity index (χ2n) is 7.30. The fourth-order valence-corrected chi connectivity index (χ4v) is 5.98. The second kappa shape index (κ2) is 9.28. The number of carbonyl (C=O) groups excluding carboxylic acids is 2. The molecule has 0 aliphatic heterocycles. The molecule has 1 heterocycles. The summed E-state index contributed by atoms with van der Waals surface area (Å²) in [6.45, 7) is 2.46. The summed E-state index contributed by atoms with van der Waals surface area (Å²) in [4.78, 5) is 26.4. The van der Waals surface area contributed by atoms with Crippen molar-refractivity contribution in [1.29, 1.82) is 0 Å². The van der Waals surface area contributed by atoms with Gasteiger partial charge in [0.1, 0.15) is 5.00 Å². The maximum Gasteiger partial charge on any atom is 0.256 e. The zero-order valence-corrected chi connectivity index (χ0v) is 19.1.